The first-order chi connectivity index (χ1) is 12.3. The Labute approximate surface area is 157 Å². The van der Waals surface area contributed by atoms with E-state index in [0.29, 0.717) is 23.3 Å². The molecule has 8 heteroatoms. The SMILES string of the molecule is CCCOC(=O)Nc1ccc(NCc2ccc(C(F)(F)F)cc2)cc1Br. The number of halogens is 4. The third-order valence-electron chi connectivity index (χ3n) is 3.42. The molecule has 0 saturated heterocycles. The first-order valence-corrected chi connectivity index (χ1v) is 8.72. The normalized spacial score (nSPS) is 11.1. The van der Waals surface area contributed by atoms with Crippen molar-refractivity contribution in [2.24, 2.45) is 0 Å². The van der Waals surface area contributed by atoms with Crippen LogP contribution in [0.3, 0.4) is 0 Å². The Kier molecular flexibility index (Phi) is 6.90. The molecule has 0 unspecified atom stereocenters. The van der Waals surface area contributed by atoms with E-state index in [2.05, 4.69) is 26.6 Å². The molecule has 0 heterocycles. The summed E-state index contributed by atoms with van der Waals surface area (Å²) in [5, 5.41) is 5.74. The van der Waals surface area contributed by atoms with Crippen molar-refractivity contribution in [3.63, 3.8) is 0 Å². The van der Waals surface area contributed by atoms with E-state index in [1.165, 1.54) is 12.1 Å². The number of benzene rings is 2. The first kappa shape index (κ1) is 20.1. The van der Waals surface area contributed by atoms with Crippen LogP contribution in [0.25, 0.3) is 0 Å². The van der Waals surface area contributed by atoms with Crippen LogP contribution in [0.5, 0.6) is 0 Å². The lowest BCUT2D eigenvalue weighted by molar-refractivity contribution is -0.137. The number of ether oxygens (including phenoxy) is 1. The van der Waals surface area contributed by atoms with Crippen LogP contribution in [-0.4, -0.2) is 12.7 Å². The minimum atomic E-state index is -4.34. The molecule has 0 saturated carbocycles. The van der Waals surface area contributed by atoms with E-state index in [4.69, 9.17) is 4.74 Å². The van der Waals surface area contributed by atoms with Crippen LogP contribution in [-0.2, 0) is 17.5 Å². The fourth-order valence-corrected chi connectivity index (χ4v) is 2.56. The maximum atomic E-state index is 12.6. The number of rotatable bonds is 6. The lowest BCUT2D eigenvalue weighted by atomic mass is 10.1. The lowest BCUT2D eigenvalue weighted by Crippen LogP contribution is -2.14. The quantitative estimate of drug-likeness (QED) is 0.587. The highest BCUT2D eigenvalue weighted by Crippen LogP contribution is 2.29. The predicted molar refractivity (Wildman–Crippen MR) is 98.2 cm³/mol. The summed E-state index contributed by atoms with van der Waals surface area (Å²) in [6.45, 7) is 2.62. The van der Waals surface area contributed by atoms with Gasteiger partial charge in [-0.25, -0.2) is 4.79 Å². The zero-order chi connectivity index (χ0) is 19.2. The summed E-state index contributed by atoms with van der Waals surface area (Å²) >= 11 is 3.37. The van der Waals surface area contributed by atoms with Crippen molar-refractivity contribution in [3.8, 4) is 0 Å². The molecule has 1 amide bonds. The van der Waals surface area contributed by atoms with Gasteiger partial charge in [-0.2, -0.15) is 13.2 Å². The van der Waals surface area contributed by atoms with Crippen LogP contribution < -0.4 is 10.6 Å². The third-order valence-corrected chi connectivity index (χ3v) is 4.08. The average molecular weight is 431 g/mol. The van der Waals surface area contributed by atoms with E-state index >= 15 is 0 Å². The highest BCUT2D eigenvalue weighted by Gasteiger charge is 2.29. The Hall–Kier alpha value is -2.22. The van der Waals surface area contributed by atoms with E-state index in [1.54, 1.807) is 18.2 Å². The number of anilines is 2. The Bertz CT molecular complexity index is 749. The fourth-order valence-electron chi connectivity index (χ4n) is 2.08. The largest absolute Gasteiger partial charge is 0.449 e. The highest BCUT2D eigenvalue weighted by atomic mass is 79.9. The number of carbonyl (C=O) groups excluding carboxylic acids is 1. The van der Waals surface area contributed by atoms with E-state index in [9.17, 15) is 18.0 Å². The molecule has 140 valence electrons. The van der Waals surface area contributed by atoms with Gasteiger partial charge in [0.2, 0.25) is 0 Å². The smallest absolute Gasteiger partial charge is 0.416 e. The molecule has 0 bridgehead atoms. The topological polar surface area (TPSA) is 50.4 Å². The van der Waals surface area contributed by atoms with Crippen molar-refractivity contribution >= 4 is 33.4 Å². The van der Waals surface area contributed by atoms with Crippen molar-refractivity contribution in [3.05, 3.63) is 58.1 Å². The van der Waals surface area contributed by atoms with Gasteiger partial charge in [0.25, 0.3) is 0 Å². The molecule has 4 nitrogen and oxygen atoms in total. The summed E-state index contributed by atoms with van der Waals surface area (Å²) in [5.41, 5.74) is 1.37. The van der Waals surface area contributed by atoms with Gasteiger partial charge >= 0.3 is 12.3 Å². The second kappa shape index (κ2) is 8.93. The summed E-state index contributed by atoms with van der Waals surface area (Å²) < 4.78 is 43.3. The van der Waals surface area contributed by atoms with Gasteiger partial charge in [-0.1, -0.05) is 19.1 Å². The second-order valence-corrected chi connectivity index (χ2v) is 6.36. The molecular formula is C18H18BrF3N2O2. The van der Waals surface area contributed by atoms with Crippen molar-refractivity contribution in [2.75, 3.05) is 17.2 Å². The van der Waals surface area contributed by atoms with Gasteiger partial charge in [0.1, 0.15) is 0 Å². The maximum Gasteiger partial charge on any atom is 0.416 e. The van der Waals surface area contributed by atoms with Gasteiger partial charge in [-0.3, -0.25) is 5.32 Å². The maximum absolute atomic E-state index is 12.6. The molecule has 0 aliphatic carbocycles. The molecule has 0 atom stereocenters. The molecule has 0 aliphatic heterocycles. The van der Waals surface area contributed by atoms with Crippen molar-refractivity contribution < 1.29 is 22.7 Å². The molecule has 2 rings (SSSR count). The van der Waals surface area contributed by atoms with Crippen molar-refractivity contribution in [1.82, 2.24) is 0 Å². The molecule has 2 N–H and O–H groups in total. The van der Waals surface area contributed by atoms with E-state index in [1.807, 2.05) is 6.92 Å². The predicted octanol–water partition coefficient (Wildman–Crippen LogP) is 6.04. The van der Waals surface area contributed by atoms with Crippen LogP contribution in [0.15, 0.2) is 46.9 Å². The van der Waals surface area contributed by atoms with Crippen LogP contribution in [0, 0.1) is 0 Å². The van der Waals surface area contributed by atoms with Gasteiger partial charge in [0.05, 0.1) is 17.9 Å². The molecular weight excluding hydrogens is 413 g/mol. The van der Waals surface area contributed by atoms with Gasteiger partial charge in [-0.05, 0) is 58.2 Å². The number of amides is 1. The van der Waals surface area contributed by atoms with Crippen molar-refractivity contribution in [1.29, 1.82) is 0 Å². The molecule has 2 aromatic carbocycles. The summed E-state index contributed by atoms with van der Waals surface area (Å²) in [7, 11) is 0. The molecule has 0 fully saturated rings. The molecule has 2 aromatic rings. The second-order valence-electron chi connectivity index (χ2n) is 5.50. The number of carbonyl (C=O) groups is 1. The van der Waals surface area contributed by atoms with E-state index < -0.39 is 17.8 Å². The molecule has 0 aromatic heterocycles. The zero-order valence-electron chi connectivity index (χ0n) is 14.0. The first-order valence-electron chi connectivity index (χ1n) is 7.93. The van der Waals surface area contributed by atoms with E-state index in [-0.39, 0.29) is 0 Å². The Morgan fingerprint density at radius 2 is 1.85 bits per heavy atom. The molecule has 0 aliphatic rings. The fraction of sp³-hybridized carbons (Fsp3) is 0.278. The Morgan fingerprint density at radius 3 is 2.42 bits per heavy atom. The third kappa shape index (κ3) is 5.94. The van der Waals surface area contributed by atoms with E-state index in [0.717, 1.165) is 29.8 Å². The summed E-state index contributed by atoms with van der Waals surface area (Å²) in [6, 6.07) is 10.2. The Balaban J connectivity index is 1.94. The van der Waals surface area contributed by atoms with Gasteiger partial charge in [-0.15, -0.1) is 0 Å². The highest BCUT2D eigenvalue weighted by molar-refractivity contribution is 9.10. The van der Waals surface area contributed by atoms with Gasteiger partial charge in [0, 0.05) is 16.7 Å². The Morgan fingerprint density at radius 1 is 1.15 bits per heavy atom. The lowest BCUT2D eigenvalue weighted by Gasteiger charge is -2.12. The van der Waals surface area contributed by atoms with Crippen LogP contribution in [0.4, 0.5) is 29.3 Å². The van der Waals surface area contributed by atoms with Crippen LogP contribution in [0.2, 0.25) is 0 Å². The minimum Gasteiger partial charge on any atom is -0.449 e. The zero-order valence-corrected chi connectivity index (χ0v) is 15.6. The molecule has 0 spiro atoms. The number of alkyl halides is 3. The summed E-state index contributed by atoms with van der Waals surface area (Å²) in [6.07, 6.45) is -4.13. The van der Waals surface area contributed by atoms with Crippen molar-refractivity contribution in [2.45, 2.75) is 26.1 Å². The summed E-state index contributed by atoms with van der Waals surface area (Å²) in [4.78, 5) is 11.6. The van der Waals surface area contributed by atoms with Gasteiger partial charge in [0.15, 0.2) is 0 Å². The monoisotopic (exact) mass is 430 g/mol. The number of nitrogens with one attached hydrogen (secondary N) is 2. The summed E-state index contributed by atoms with van der Waals surface area (Å²) in [5.74, 6) is 0. The number of hydrogen-bond acceptors (Lipinski definition) is 3. The van der Waals surface area contributed by atoms with Gasteiger partial charge < -0.3 is 10.1 Å². The molecule has 26 heavy (non-hydrogen) atoms. The number of hydrogen-bond donors (Lipinski definition) is 2. The standard InChI is InChI=1S/C18H18BrF3N2O2/c1-2-9-26-17(25)24-16-8-7-14(10-15(16)19)23-11-12-3-5-13(6-4-12)18(20,21)22/h3-8,10,23H,2,9,11H2,1H3,(H,24,25). The average Bonchev–Trinajstić information content (AvgIpc) is 2.60. The van der Waals surface area contributed by atoms with Crippen LogP contribution in [0.1, 0.15) is 24.5 Å². The molecule has 0 radical (unpaired) electrons. The minimum absolute atomic E-state index is 0.343. The van der Waals surface area contributed by atoms with Crippen LogP contribution >= 0.6 is 15.9 Å².